The summed E-state index contributed by atoms with van der Waals surface area (Å²) >= 11 is 0. The van der Waals surface area contributed by atoms with Crippen LogP contribution in [0.25, 0.3) is 0 Å². The predicted octanol–water partition coefficient (Wildman–Crippen LogP) is 2.55. The van der Waals surface area contributed by atoms with Crippen molar-refractivity contribution in [3.05, 3.63) is 30.1 Å². The summed E-state index contributed by atoms with van der Waals surface area (Å²) in [4.78, 5) is 4.04. The molecule has 1 N–H and O–H groups in total. The molecule has 0 spiro atoms. The Morgan fingerprint density at radius 2 is 2.00 bits per heavy atom. The maximum Gasteiger partial charge on any atom is 0.0661 e. The van der Waals surface area contributed by atoms with E-state index in [2.05, 4.69) is 24.1 Å². The van der Waals surface area contributed by atoms with Crippen LogP contribution in [0.4, 0.5) is 0 Å². The Morgan fingerprint density at radius 1 is 1.25 bits per heavy atom. The second-order valence-corrected chi connectivity index (χ2v) is 3.86. The van der Waals surface area contributed by atoms with Crippen molar-refractivity contribution in [1.82, 2.24) is 10.3 Å². The first-order valence-electron chi connectivity index (χ1n) is 6.09. The van der Waals surface area contributed by atoms with Gasteiger partial charge in [-0.2, -0.15) is 0 Å². The number of nitrogens with one attached hydrogen (secondary N) is 1. The molecule has 90 valence electrons. The SMILES string of the molecule is CCCNC(COCCC)c1ccncc1. The van der Waals surface area contributed by atoms with Gasteiger partial charge in [0.15, 0.2) is 0 Å². The lowest BCUT2D eigenvalue weighted by molar-refractivity contribution is 0.112. The fourth-order valence-corrected chi connectivity index (χ4v) is 1.53. The predicted molar refractivity (Wildman–Crippen MR) is 66.4 cm³/mol. The maximum absolute atomic E-state index is 5.61. The number of pyridine rings is 1. The topological polar surface area (TPSA) is 34.1 Å². The molecule has 1 unspecified atom stereocenters. The Hall–Kier alpha value is -0.930. The van der Waals surface area contributed by atoms with E-state index >= 15 is 0 Å². The third kappa shape index (κ3) is 4.73. The van der Waals surface area contributed by atoms with Crippen LogP contribution in [-0.2, 0) is 4.74 Å². The molecule has 0 fully saturated rings. The highest BCUT2D eigenvalue weighted by Crippen LogP contribution is 2.12. The molecule has 0 aliphatic heterocycles. The minimum absolute atomic E-state index is 0.287. The fourth-order valence-electron chi connectivity index (χ4n) is 1.53. The second kappa shape index (κ2) is 8.25. The first-order valence-corrected chi connectivity index (χ1v) is 6.09. The molecule has 0 saturated heterocycles. The molecule has 0 saturated carbocycles. The van der Waals surface area contributed by atoms with Crippen molar-refractivity contribution in [2.75, 3.05) is 19.8 Å². The van der Waals surface area contributed by atoms with Crippen molar-refractivity contribution < 1.29 is 4.74 Å². The van der Waals surface area contributed by atoms with Crippen LogP contribution < -0.4 is 5.32 Å². The van der Waals surface area contributed by atoms with Crippen LogP contribution >= 0.6 is 0 Å². The molecule has 0 aromatic carbocycles. The summed E-state index contributed by atoms with van der Waals surface area (Å²) in [5.74, 6) is 0. The molecule has 1 rings (SSSR count). The van der Waals surface area contributed by atoms with Crippen molar-refractivity contribution in [3.63, 3.8) is 0 Å². The van der Waals surface area contributed by atoms with Crippen molar-refractivity contribution in [1.29, 1.82) is 0 Å². The molecule has 1 heterocycles. The zero-order valence-electron chi connectivity index (χ0n) is 10.3. The minimum Gasteiger partial charge on any atom is -0.379 e. The van der Waals surface area contributed by atoms with Crippen LogP contribution in [0.3, 0.4) is 0 Å². The van der Waals surface area contributed by atoms with E-state index in [0.717, 1.165) is 32.6 Å². The molecular weight excluding hydrogens is 200 g/mol. The lowest BCUT2D eigenvalue weighted by Gasteiger charge is -2.18. The van der Waals surface area contributed by atoms with Gasteiger partial charge in [0.05, 0.1) is 12.6 Å². The number of hydrogen-bond acceptors (Lipinski definition) is 3. The van der Waals surface area contributed by atoms with Crippen LogP contribution in [0.15, 0.2) is 24.5 Å². The van der Waals surface area contributed by atoms with Gasteiger partial charge in [0.25, 0.3) is 0 Å². The summed E-state index contributed by atoms with van der Waals surface area (Å²) in [5.41, 5.74) is 1.25. The molecule has 3 nitrogen and oxygen atoms in total. The molecule has 1 aromatic heterocycles. The number of hydrogen-bond donors (Lipinski definition) is 1. The molecule has 16 heavy (non-hydrogen) atoms. The van der Waals surface area contributed by atoms with Gasteiger partial charge in [-0.15, -0.1) is 0 Å². The van der Waals surface area contributed by atoms with Crippen LogP contribution in [0.1, 0.15) is 38.3 Å². The van der Waals surface area contributed by atoms with E-state index < -0.39 is 0 Å². The smallest absolute Gasteiger partial charge is 0.0661 e. The van der Waals surface area contributed by atoms with Crippen LogP contribution in [0.2, 0.25) is 0 Å². The van der Waals surface area contributed by atoms with Gasteiger partial charge < -0.3 is 10.1 Å². The van der Waals surface area contributed by atoms with Gasteiger partial charge in [-0.25, -0.2) is 0 Å². The Labute approximate surface area is 98.2 Å². The maximum atomic E-state index is 5.61. The summed E-state index contributed by atoms with van der Waals surface area (Å²) in [6.07, 6.45) is 5.86. The third-order valence-corrected chi connectivity index (χ3v) is 2.38. The molecule has 1 atom stereocenters. The lowest BCUT2D eigenvalue weighted by Crippen LogP contribution is -2.26. The monoisotopic (exact) mass is 222 g/mol. The van der Waals surface area contributed by atoms with Crippen LogP contribution in [0.5, 0.6) is 0 Å². The standard InChI is InChI=1S/C13H22N2O/c1-3-7-15-13(11-16-10-4-2)12-5-8-14-9-6-12/h5-6,8-9,13,15H,3-4,7,10-11H2,1-2H3. The number of ether oxygens (including phenoxy) is 1. The number of aromatic nitrogens is 1. The van der Waals surface area contributed by atoms with Gasteiger partial charge in [-0.3, -0.25) is 4.98 Å². The average Bonchev–Trinajstić information content (AvgIpc) is 2.35. The van der Waals surface area contributed by atoms with Crippen molar-refractivity contribution in [2.45, 2.75) is 32.7 Å². The highest BCUT2D eigenvalue weighted by Gasteiger charge is 2.09. The first-order chi connectivity index (χ1) is 7.88. The van der Waals surface area contributed by atoms with Gasteiger partial charge >= 0.3 is 0 Å². The number of nitrogens with zero attached hydrogens (tertiary/aromatic N) is 1. The molecule has 0 aliphatic rings. The van der Waals surface area contributed by atoms with Gasteiger partial charge in [-0.1, -0.05) is 13.8 Å². The molecule has 1 aromatic rings. The van der Waals surface area contributed by atoms with E-state index in [4.69, 9.17) is 4.74 Å². The summed E-state index contributed by atoms with van der Waals surface area (Å²) in [6.45, 7) is 6.88. The van der Waals surface area contributed by atoms with Gasteiger partial charge in [-0.05, 0) is 37.1 Å². The quantitative estimate of drug-likeness (QED) is 0.686. The van der Waals surface area contributed by atoms with Crippen molar-refractivity contribution >= 4 is 0 Å². The van der Waals surface area contributed by atoms with Crippen LogP contribution in [-0.4, -0.2) is 24.7 Å². The highest BCUT2D eigenvalue weighted by molar-refractivity contribution is 5.14. The Balaban J connectivity index is 2.49. The van der Waals surface area contributed by atoms with Crippen LogP contribution in [0, 0.1) is 0 Å². The largest absolute Gasteiger partial charge is 0.379 e. The summed E-state index contributed by atoms with van der Waals surface area (Å²) in [5, 5.41) is 3.49. The molecule has 0 bridgehead atoms. The second-order valence-electron chi connectivity index (χ2n) is 3.86. The Morgan fingerprint density at radius 3 is 2.62 bits per heavy atom. The van der Waals surface area contributed by atoms with E-state index in [9.17, 15) is 0 Å². The van der Waals surface area contributed by atoms with Crippen molar-refractivity contribution in [3.8, 4) is 0 Å². The molecular formula is C13H22N2O. The normalized spacial score (nSPS) is 12.6. The third-order valence-electron chi connectivity index (χ3n) is 2.38. The zero-order valence-corrected chi connectivity index (χ0v) is 10.3. The molecule has 0 radical (unpaired) electrons. The lowest BCUT2D eigenvalue weighted by atomic mass is 10.1. The molecule has 0 aliphatic carbocycles. The molecule has 3 heteroatoms. The average molecular weight is 222 g/mol. The van der Waals surface area contributed by atoms with E-state index in [1.807, 2.05) is 24.5 Å². The van der Waals surface area contributed by atoms with E-state index in [-0.39, 0.29) is 6.04 Å². The van der Waals surface area contributed by atoms with E-state index in [1.54, 1.807) is 0 Å². The first kappa shape index (κ1) is 13.1. The van der Waals surface area contributed by atoms with E-state index in [0.29, 0.717) is 0 Å². The summed E-state index contributed by atoms with van der Waals surface area (Å²) < 4.78 is 5.61. The van der Waals surface area contributed by atoms with Crippen molar-refractivity contribution in [2.24, 2.45) is 0 Å². The fraction of sp³-hybridized carbons (Fsp3) is 0.615. The van der Waals surface area contributed by atoms with E-state index in [1.165, 1.54) is 5.56 Å². The highest BCUT2D eigenvalue weighted by atomic mass is 16.5. The van der Waals surface area contributed by atoms with Gasteiger partial charge in [0, 0.05) is 19.0 Å². The zero-order chi connectivity index (χ0) is 11.6. The number of rotatable bonds is 8. The van der Waals surface area contributed by atoms with Gasteiger partial charge in [0.2, 0.25) is 0 Å². The minimum atomic E-state index is 0.287. The summed E-state index contributed by atoms with van der Waals surface area (Å²) in [7, 11) is 0. The van der Waals surface area contributed by atoms with Gasteiger partial charge in [0.1, 0.15) is 0 Å². The summed E-state index contributed by atoms with van der Waals surface area (Å²) in [6, 6.07) is 4.38. The Kier molecular flexibility index (Phi) is 6.77. The molecule has 0 amide bonds. The Bertz CT molecular complexity index is 264.